The number of rotatable bonds is 12. The highest BCUT2D eigenvalue weighted by Crippen LogP contribution is 2.53. The van der Waals surface area contributed by atoms with Gasteiger partial charge < -0.3 is 14.6 Å². The summed E-state index contributed by atoms with van der Waals surface area (Å²) in [4.78, 5) is 10.3. The normalized spacial score (nSPS) is 15.7. The third kappa shape index (κ3) is 14.8. The molecule has 0 aromatic rings. The highest BCUT2D eigenvalue weighted by atomic mass is 32.3. The van der Waals surface area contributed by atoms with E-state index in [0.29, 0.717) is 13.2 Å². The summed E-state index contributed by atoms with van der Waals surface area (Å²) in [5, 5.41) is 9.85. The van der Waals surface area contributed by atoms with Crippen molar-refractivity contribution in [3.8, 4) is 0 Å². The molecule has 0 fully saturated rings. The zero-order valence-corrected chi connectivity index (χ0v) is 16.1. The van der Waals surface area contributed by atoms with Crippen LogP contribution in [0.2, 0.25) is 0 Å². The van der Waals surface area contributed by atoms with E-state index in [1.807, 2.05) is 6.92 Å². The van der Waals surface area contributed by atoms with Crippen LogP contribution in [0.1, 0.15) is 13.3 Å². The van der Waals surface area contributed by atoms with E-state index < -0.39 is 26.0 Å². The van der Waals surface area contributed by atoms with E-state index in [1.165, 1.54) is 10.8 Å². The summed E-state index contributed by atoms with van der Waals surface area (Å²) < 4.78 is 10.7. The van der Waals surface area contributed by atoms with E-state index in [0.717, 1.165) is 13.0 Å². The van der Waals surface area contributed by atoms with Crippen molar-refractivity contribution in [3.05, 3.63) is 0 Å². The van der Waals surface area contributed by atoms with Crippen LogP contribution in [-0.4, -0.2) is 79.6 Å². The fraction of sp³-hybridized carbons (Fsp3) is 0.933. The quantitative estimate of drug-likeness (QED) is 0.554. The Labute approximate surface area is 133 Å². The Balaban J connectivity index is 3.65. The summed E-state index contributed by atoms with van der Waals surface area (Å²) in [5.74, 6) is 0.583. The van der Waals surface area contributed by atoms with Crippen molar-refractivity contribution in [1.29, 1.82) is 0 Å². The van der Waals surface area contributed by atoms with Gasteiger partial charge in [-0.05, 0) is 43.5 Å². The molecule has 0 saturated heterocycles. The molecule has 0 aliphatic carbocycles. The van der Waals surface area contributed by atoms with Crippen molar-refractivity contribution in [2.75, 3.05) is 68.5 Å². The topological polar surface area (TPSA) is 55.8 Å². The number of ether oxygens (including phenoxy) is 2. The molecule has 0 aliphatic rings. The number of hydrogen-bond donors (Lipinski definition) is 1. The number of aliphatic carboxylic acids is 1. The third-order valence-electron chi connectivity index (χ3n) is 2.69. The molecule has 1 atom stereocenters. The van der Waals surface area contributed by atoms with Crippen molar-refractivity contribution < 1.29 is 19.4 Å². The molecule has 1 unspecified atom stereocenters. The maximum Gasteiger partial charge on any atom is 0.329 e. The summed E-state index contributed by atoms with van der Waals surface area (Å²) >= 11 is 0. The van der Waals surface area contributed by atoms with Crippen molar-refractivity contribution in [2.24, 2.45) is 5.92 Å². The first kappa shape index (κ1) is 21.1. The zero-order chi connectivity index (χ0) is 16.5. The summed E-state index contributed by atoms with van der Waals surface area (Å²) in [5.41, 5.74) is 0. The molecule has 21 heavy (non-hydrogen) atoms. The van der Waals surface area contributed by atoms with Crippen LogP contribution in [0.5, 0.6) is 0 Å². The molecule has 0 heterocycles. The average molecular weight is 343 g/mol. The molecule has 1 N–H and O–H groups in total. The van der Waals surface area contributed by atoms with Gasteiger partial charge in [-0.1, -0.05) is 6.92 Å². The number of carboxylic acid groups (broad SMARTS) is 1. The predicted molar refractivity (Wildman–Crippen MR) is 97.6 cm³/mol. The molecule has 0 saturated carbocycles. The highest BCUT2D eigenvalue weighted by molar-refractivity contribution is 8.47. The second-order valence-electron chi connectivity index (χ2n) is 7.12. The second-order valence-corrected chi connectivity index (χ2v) is 16.2. The van der Waals surface area contributed by atoms with Crippen LogP contribution in [0.25, 0.3) is 0 Å². The molecule has 0 radical (unpaired) electrons. The third-order valence-corrected chi connectivity index (χ3v) is 9.46. The Morgan fingerprint density at radius 3 is 2.19 bits per heavy atom. The van der Waals surface area contributed by atoms with Gasteiger partial charge in [0.15, 0.2) is 0 Å². The molecule has 0 spiro atoms. The van der Waals surface area contributed by atoms with E-state index in [1.54, 1.807) is 0 Å². The summed E-state index contributed by atoms with van der Waals surface area (Å²) in [7, 11) is -0.920. The Morgan fingerprint density at radius 1 is 1.10 bits per heavy atom. The Bertz CT molecular complexity index is 301. The van der Waals surface area contributed by atoms with E-state index in [4.69, 9.17) is 14.6 Å². The lowest BCUT2D eigenvalue weighted by Gasteiger charge is -2.40. The van der Waals surface area contributed by atoms with Gasteiger partial charge in [0.1, 0.15) is 6.61 Å². The number of carboxylic acids is 1. The first-order valence-electron chi connectivity index (χ1n) is 7.24. The van der Waals surface area contributed by atoms with Crippen LogP contribution < -0.4 is 0 Å². The molecule has 130 valence electrons. The molecule has 0 aromatic carbocycles. The minimum Gasteiger partial charge on any atom is -0.480 e. The molecule has 4 nitrogen and oxygen atoms in total. The Kier molecular flexibility index (Phi) is 10.0. The second kappa shape index (κ2) is 9.98. The Morgan fingerprint density at radius 2 is 1.67 bits per heavy atom. The zero-order valence-electron chi connectivity index (χ0n) is 14.5. The largest absolute Gasteiger partial charge is 0.480 e. The lowest BCUT2D eigenvalue weighted by Crippen LogP contribution is -2.17. The van der Waals surface area contributed by atoms with Crippen LogP contribution in [0.15, 0.2) is 0 Å². The number of hydrogen-bond acceptors (Lipinski definition) is 3. The van der Waals surface area contributed by atoms with Gasteiger partial charge in [0.05, 0.1) is 13.2 Å². The van der Waals surface area contributed by atoms with Gasteiger partial charge in [-0.3, -0.25) is 0 Å². The average Bonchev–Trinajstić information content (AvgIpc) is 2.24. The predicted octanol–water partition coefficient (Wildman–Crippen LogP) is 2.85. The van der Waals surface area contributed by atoms with Crippen LogP contribution >= 0.6 is 20.1 Å². The number of carbonyl (C=O) groups is 1. The summed E-state index contributed by atoms with van der Waals surface area (Å²) in [6.07, 6.45) is 13.1. The molecular formula is C15H34O4S2. The lowest BCUT2D eigenvalue weighted by atomic mass is 10.2. The van der Waals surface area contributed by atoms with Gasteiger partial charge in [-0.25, -0.2) is 24.9 Å². The Hall–Kier alpha value is 0.0900. The minimum absolute atomic E-state index is 0.225. The van der Waals surface area contributed by atoms with E-state index >= 15 is 0 Å². The highest BCUT2D eigenvalue weighted by Gasteiger charge is 2.17. The molecule has 0 bridgehead atoms. The van der Waals surface area contributed by atoms with Gasteiger partial charge in [-0.15, -0.1) is 0 Å². The van der Waals surface area contributed by atoms with Gasteiger partial charge in [0.2, 0.25) is 0 Å². The fourth-order valence-electron chi connectivity index (χ4n) is 2.25. The van der Waals surface area contributed by atoms with Gasteiger partial charge in [-0.2, -0.15) is 0 Å². The van der Waals surface area contributed by atoms with Crippen LogP contribution in [0, 0.1) is 5.92 Å². The first-order valence-corrected chi connectivity index (χ1v) is 13.1. The van der Waals surface area contributed by atoms with Crippen LogP contribution in [0.4, 0.5) is 0 Å². The molecular weight excluding hydrogens is 308 g/mol. The van der Waals surface area contributed by atoms with Crippen molar-refractivity contribution in [1.82, 2.24) is 0 Å². The monoisotopic (exact) mass is 342 g/mol. The molecule has 6 heteroatoms. The summed E-state index contributed by atoms with van der Waals surface area (Å²) in [6, 6.07) is 0. The standard InChI is InChI=1S/C15H34O4S2/c1-14(11-19-12-15(16)17)10-18-8-7-9-21(5,6)13-20(2,3)4/h14H,7-13H2,1-6H3,(H,16,17). The SMILES string of the molecule is CC(COCCCS(C)(C)CS(C)(C)C)COCC(=O)O. The molecule has 0 aliphatic heterocycles. The first-order chi connectivity index (χ1) is 9.52. The smallest absolute Gasteiger partial charge is 0.329 e. The molecule has 0 amide bonds. The van der Waals surface area contributed by atoms with Gasteiger partial charge >= 0.3 is 5.97 Å². The van der Waals surface area contributed by atoms with E-state index in [9.17, 15) is 4.79 Å². The fourth-order valence-corrected chi connectivity index (χ4v) is 11.3. The van der Waals surface area contributed by atoms with Crippen LogP contribution in [0.3, 0.4) is 0 Å². The maximum absolute atomic E-state index is 10.3. The van der Waals surface area contributed by atoms with E-state index in [2.05, 4.69) is 31.3 Å². The van der Waals surface area contributed by atoms with Gasteiger partial charge in [0.25, 0.3) is 0 Å². The van der Waals surface area contributed by atoms with Crippen molar-refractivity contribution in [3.63, 3.8) is 0 Å². The summed E-state index contributed by atoms with van der Waals surface area (Å²) in [6.45, 7) is 3.66. The van der Waals surface area contributed by atoms with Gasteiger partial charge in [0, 0.05) is 17.6 Å². The molecule has 0 rings (SSSR count). The van der Waals surface area contributed by atoms with E-state index in [-0.39, 0.29) is 12.5 Å². The molecule has 0 aromatic heterocycles. The minimum atomic E-state index is -0.922. The van der Waals surface area contributed by atoms with Crippen molar-refractivity contribution in [2.45, 2.75) is 13.3 Å². The maximum atomic E-state index is 10.3. The van der Waals surface area contributed by atoms with Crippen LogP contribution in [-0.2, 0) is 14.3 Å². The van der Waals surface area contributed by atoms with Crippen molar-refractivity contribution >= 4 is 26.0 Å². The lowest BCUT2D eigenvalue weighted by molar-refractivity contribution is -0.142.